The quantitative estimate of drug-likeness (QED) is 0.890. The molecule has 2 rings (SSSR count). The first-order valence-corrected chi connectivity index (χ1v) is 4.88. The Bertz CT molecular complexity index is 596. The third-order valence-electron chi connectivity index (χ3n) is 2.13. The van der Waals surface area contributed by atoms with Crippen molar-refractivity contribution in [2.45, 2.75) is 12.7 Å². The maximum Gasteiger partial charge on any atom is 0.435 e. The molecule has 0 fully saturated rings. The standard InChI is InChI=1S/C9H6F3N5O2/c10-9(11,12)7-6(8(18)19)15-16-17(7)4-5-3-13-1-2-14-5/h1-3H,4H2,(H,18,19). The van der Waals surface area contributed by atoms with Gasteiger partial charge in [0.1, 0.15) is 0 Å². The molecule has 1 N–H and O–H groups in total. The van der Waals surface area contributed by atoms with Crippen LogP contribution in [0.15, 0.2) is 18.6 Å². The number of aromatic nitrogens is 5. The molecule has 0 spiro atoms. The molecule has 2 aromatic rings. The van der Waals surface area contributed by atoms with Gasteiger partial charge in [0.05, 0.1) is 18.4 Å². The van der Waals surface area contributed by atoms with E-state index in [2.05, 4.69) is 20.3 Å². The largest absolute Gasteiger partial charge is 0.476 e. The molecule has 0 atom stereocenters. The molecule has 0 aliphatic heterocycles. The number of hydrogen-bond acceptors (Lipinski definition) is 5. The summed E-state index contributed by atoms with van der Waals surface area (Å²) in [5.74, 6) is -1.79. The molecule has 0 aromatic carbocycles. The zero-order valence-electron chi connectivity index (χ0n) is 9.16. The Kier molecular flexibility index (Phi) is 3.15. The highest BCUT2D eigenvalue weighted by Gasteiger charge is 2.41. The molecular weight excluding hydrogens is 267 g/mol. The van der Waals surface area contributed by atoms with Gasteiger partial charge in [-0.3, -0.25) is 9.97 Å². The smallest absolute Gasteiger partial charge is 0.435 e. The second-order valence-electron chi connectivity index (χ2n) is 3.44. The van der Waals surface area contributed by atoms with E-state index in [0.717, 1.165) is 0 Å². The van der Waals surface area contributed by atoms with Gasteiger partial charge in [0.2, 0.25) is 5.69 Å². The second-order valence-corrected chi connectivity index (χ2v) is 3.44. The average molecular weight is 273 g/mol. The van der Waals surface area contributed by atoms with Gasteiger partial charge in [0.15, 0.2) is 5.69 Å². The third kappa shape index (κ3) is 2.67. The fourth-order valence-electron chi connectivity index (χ4n) is 1.41. The Labute approximate surface area is 103 Å². The van der Waals surface area contributed by atoms with Gasteiger partial charge < -0.3 is 5.11 Å². The molecule has 2 aromatic heterocycles. The van der Waals surface area contributed by atoms with Gasteiger partial charge in [-0.25, -0.2) is 9.48 Å². The predicted octanol–water partition coefficient (Wildman–Crippen LogP) is 0.833. The molecule has 10 heteroatoms. The first kappa shape index (κ1) is 12.9. The second kappa shape index (κ2) is 4.63. The summed E-state index contributed by atoms with van der Waals surface area (Å²) in [5, 5.41) is 14.9. The number of aromatic carboxylic acids is 1. The summed E-state index contributed by atoms with van der Waals surface area (Å²) in [6.45, 7) is -0.372. The number of rotatable bonds is 3. The minimum atomic E-state index is -4.88. The van der Waals surface area contributed by atoms with E-state index >= 15 is 0 Å². The number of carboxylic acid groups (broad SMARTS) is 1. The maximum absolute atomic E-state index is 12.8. The van der Waals surface area contributed by atoms with Gasteiger partial charge >= 0.3 is 12.1 Å². The molecule has 2 heterocycles. The Morgan fingerprint density at radius 1 is 1.37 bits per heavy atom. The summed E-state index contributed by atoms with van der Waals surface area (Å²) in [4.78, 5) is 18.2. The highest BCUT2D eigenvalue weighted by atomic mass is 19.4. The molecule has 0 radical (unpaired) electrons. The van der Waals surface area contributed by atoms with E-state index in [1.807, 2.05) is 0 Å². The van der Waals surface area contributed by atoms with Gasteiger partial charge in [-0.2, -0.15) is 13.2 Å². The van der Waals surface area contributed by atoms with Crippen LogP contribution in [0.5, 0.6) is 0 Å². The highest BCUT2D eigenvalue weighted by molar-refractivity contribution is 5.86. The Morgan fingerprint density at radius 2 is 2.11 bits per heavy atom. The number of carboxylic acids is 1. The lowest BCUT2D eigenvalue weighted by atomic mass is 10.3. The van der Waals surface area contributed by atoms with Crippen LogP contribution in [0, 0.1) is 0 Å². The number of carbonyl (C=O) groups is 1. The minimum absolute atomic E-state index is 0.204. The SMILES string of the molecule is O=C(O)c1nnn(Cc2cnccn2)c1C(F)(F)F. The van der Waals surface area contributed by atoms with Crippen LogP contribution in [0.1, 0.15) is 21.9 Å². The van der Waals surface area contributed by atoms with Gasteiger partial charge in [0, 0.05) is 12.4 Å². The Balaban J connectivity index is 2.44. The average Bonchev–Trinajstić information content (AvgIpc) is 2.74. The molecule has 0 aliphatic carbocycles. The van der Waals surface area contributed by atoms with Gasteiger partial charge in [-0.1, -0.05) is 5.21 Å². The van der Waals surface area contributed by atoms with Crippen LogP contribution >= 0.6 is 0 Å². The normalized spacial score (nSPS) is 11.5. The molecule has 0 unspecified atom stereocenters. The summed E-state index contributed by atoms with van der Waals surface area (Å²) in [6, 6.07) is 0. The molecule has 0 aliphatic rings. The first-order valence-electron chi connectivity index (χ1n) is 4.88. The van der Waals surface area contributed by atoms with Gasteiger partial charge in [-0.05, 0) is 0 Å². The van der Waals surface area contributed by atoms with Crippen LogP contribution < -0.4 is 0 Å². The Hall–Kier alpha value is -2.52. The van der Waals surface area contributed by atoms with Crippen LogP contribution in [-0.4, -0.2) is 36.0 Å². The van der Waals surface area contributed by atoms with E-state index in [-0.39, 0.29) is 12.2 Å². The van der Waals surface area contributed by atoms with Crippen molar-refractivity contribution in [3.63, 3.8) is 0 Å². The number of nitrogens with zero attached hydrogens (tertiary/aromatic N) is 5. The maximum atomic E-state index is 12.8. The van der Waals surface area contributed by atoms with Crippen molar-refractivity contribution in [1.82, 2.24) is 25.0 Å². The molecule has 0 saturated heterocycles. The molecule has 0 amide bonds. The monoisotopic (exact) mass is 273 g/mol. The lowest BCUT2D eigenvalue weighted by Crippen LogP contribution is -2.19. The van der Waals surface area contributed by atoms with E-state index in [1.165, 1.54) is 18.6 Å². The fraction of sp³-hybridized carbons (Fsp3) is 0.222. The van der Waals surface area contributed by atoms with E-state index in [4.69, 9.17) is 5.11 Å². The van der Waals surface area contributed by atoms with Crippen LogP contribution in [0.3, 0.4) is 0 Å². The predicted molar refractivity (Wildman–Crippen MR) is 53.1 cm³/mol. The highest BCUT2D eigenvalue weighted by Crippen LogP contribution is 2.31. The zero-order valence-corrected chi connectivity index (χ0v) is 9.16. The summed E-state index contributed by atoms with van der Waals surface area (Å²) in [7, 11) is 0. The lowest BCUT2D eigenvalue weighted by Gasteiger charge is -2.09. The molecule has 0 bridgehead atoms. The molecule has 7 nitrogen and oxygen atoms in total. The van der Waals surface area contributed by atoms with Crippen molar-refractivity contribution in [3.8, 4) is 0 Å². The summed E-state index contributed by atoms with van der Waals surface area (Å²) >= 11 is 0. The summed E-state index contributed by atoms with van der Waals surface area (Å²) in [5.41, 5.74) is -2.36. The van der Waals surface area contributed by atoms with E-state index < -0.39 is 23.5 Å². The van der Waals surface area contributed by atoms with E-state index in [9.17, 15) is 18.0 Å². The van der Waals surface area contributed by atoms with Crippen LogP contribution in [0.25, 0.3) is 0 Å². The Morgan fingerprint density at radius 3 is 2.63 bits per heavy atom. The van der Waals surface area contributed by atoms with Crippen molar-refractivity contribution in [2.75, 3.05) is 0 Å². The van der Waals surface area contributed by atoms with Crippen LogP contribution in [-0.2, 0) is 12.7 Å². The van der Waals surface area contributed by atoms with Crippen LogP contribution in [0.2, 0.25) is 0 Å². The number of halogens is 3. The fourth-order valence-corrected chi connectivity index (χ4v) is 1.41. The lowest BCUT2D eigenvalue weighted by molar-refractivity contribution is -0.144. The summed E-state index contributed by atoms with van der Waals surface area (Å²) < 4.78 is 38.9. The molecule has 100 valence electrons. The van der Waals surface area contributed by atoms with Crippen molar-refractivity contribution >= 4 is 5.97 Å². The minimum Gasteiger partial charge on any atom is -0.476 e. The van der Waals surface area contributed by atoms with Crippen LogP contribution in [0.4, 0.5) is 13.2 Å². The number of hydrogen-bond donors (Lipinski definition) is 1. The van der Waals surface area contributed by atoms with Gasteiger partial charge in [-0.15, -0.1) is 5.10 Å². The molecular formula is C9H6F3N5O2. The van der Waals surface area contributed by atoms with Crippen molar-refractivity contribution in [2.24, 2.45) is 0 Å². The van der Waals surface area contributed by atoms with Crippen molar-refractivity contribution in [1.29, 1.82) is 0 Å². The van der Waals surface area contributed by atoms with E-state index in [1.54, 1.807) is 0 Å². The first-order chi connectivity index (χ1) is 8.89. The van der Waals surface area contributed by atoms with E-state index in [0.29, 0.717) is 4.68 Å². The topological polar surface area (TPSA) is 93.8 Å². The van der Waals surface area contributed by atoms with Gasteiger partial charge in [0.25, 0.3) is 0 Å². The number of alkyl halides is 3. The summed E-state index contributed by atoms with van der Waals surface area (Å²) in [6.07, 6.45) is -0.961. The molecule has 19 heavy (non-hydrogen) atoms. The van der Waals surface area contributed by atoms with Crippen molar-refractivity contribution in [3.05, 3.63) is 35.7 Å². The zero-order chi connectivity index (χ0) is 14.0. The third-order valence-corrected chi connectivity index (χ3v) is 2.13. The molecule has 0 saturated carbocycles. The van der Waals surface area contributed by atoms with Crippen molar-refractivity contribution < 1.29 is 23.1 Å².